The average Bonchev–Trinajstić information content (AvgIpc) is 2.01. The summed E-state index contributed by atoms with van der Waals surface area (Å²) < 4.78 is 0. The van der Waals surface area contributed by atoms with Crippen LogP contribution in [0, 0.1) is 13.8 Å². The summed E-state index contributed by atoms with van der Waals surface area (Å²) in [6.45, 7) is 3.90. The van der Waals surface area contributed by atoms with Crippen molar-refractivity contribution in [3.63, 3.8) is 0 Å². The van der Waals surface area contributed by atoms with Crippen molar-refractivity contribution >= 4 is 17.7 Å². The predicted molar refractivity (Wildman–Crippen MR) is 58.6 cm³/mol. The zero-order chi connectivity index (χ0) is 10.7. The van der Waals surface area contributed by atoms with Crippen molar-refractivity contribution in [2.24, 2.45) is 5.73 Å². The summed E-state index contributed by atoms with van der Waals surface area (Å²) in [6.07, 6.45) is 3.07. The number of anilines is 1. The molecule has 0 spiro atoms. The Morgan fingerprint density at radius 3 is 2.21 bits per heavy atom. The van der Waals surface area contributed by atoms with Crippen LogP contribution in [-0.4, -0.2) is 5.91 Å². The number of benzene rings is 1. The van der Waals surface area contributed by atoms with Crippen LogP contribution < -0.4 is 11.5 Å². The van der Waals surface area contributed by atoms with E-state index in [9.17, 15) is 4.79 Å². The SMILES string of the molecule is Cc1cc(N)cc(C)c1C=CC(N)=O. The maximum atomic E-state index is 10.6. The molecule has 1 aromatic carbocycles. The number of nitrogens with two attached hydrogens (primary N) is 2. The second-order valence-corrected chi connectivity index (χ2v) is 3.30. The summed E-state index contributed by atoms with van der Waals surface area (Å²) in [5.74, 6) is -0.444. The molecule has 0 atom stereocenters. The highest BCUT2D eigenvalue weighted by Crippen LogP contribution is 2.19. The zero-order valence-corrected chi connectivity index (χ0v) is 8.37. The molecule has 74 valence electrons. The summed E-state index contributed by atoms with van der Waals surface area (Å²) in [4.78, 5) is 10.6. The van der Waals surface area contributed by atoms with Gasteiger partial charge in [0, 0.05) is 11.8 Å². The molecular weight excluding hydrogens is 176 g/mol. The Hall–Kier alpha value is -1.77. The Morgan fingerprint density at radius 2 is 1.79 bits per heavy atom. The van der Waals surface area contributed by atoms with Gasteiger partial charge >= 0.3 is 0 Å². The van der Waals surface area contributed by atoms with Gasteiger partial charge in [-0.3, -0.25) is 4.79 Å². The van der Waals surface area contributed by atoms with Gasteiger partial charge in [-0.2, -0.15) is 0 Å². The quantitative estimate of drug-likeness (QED) is 0.546. The molecule has 0 heterocycles. The minimum atomic E-state index is -0.444. The van der Waals surface area contributed by atoms with Gasteiger partial charge in [0.2, 0.25) is 5.91 Å². The van der Waals surface area contributed by atoms with E-state index in [0.717, 1.165) is 22.4 Å². The van der Waals surface area contributed by atoms with E-state index in [-0.39, 0.29) is 0 Å². The number of carbonyl (C=O) groups is 1. The highest BCUT2D eigenvalue weighted by molar-refractivity contribution is 5.90. The number of carbonyl (C=O) groups excluding carboxylic acids is 1. The van der Waals surface area contributed by atoms with Crippen LogP contribution in [0.25, 0.3) is 6.08 Å². The lowest BCUT2D eigenvalue weighted by Gasteiger charge is -2.06. The molecule has 0 saturated carbocycles. The van der Waals surface area contributed by atoms with E-state index in [1.54, 1.807) is 6.08 Å². The zero-order valence-electron chi connectivity index (χ0n) is 8.37. The van der Waals surface area contributed by atoms with Gasteiger partial charge in [-0.25, -0.2) is 0 Å². The maximum absolute atomic E-state index is 10.6. The number of hydrogen-bond donors (Lipinski definition) is 2. The fraction of sp³-hybridized carbons (Fsp3) is 0.182. The summed E-state index contributed by atoms with van der Waals surface area (Å²) in [7, 11) is 0. The predicted octanol–water partition coefficient (Wildman–Crippen LogP) is 1.38. The van der Waals surface area contributed by atoms with Crippen molar-refractivity contribution in [2.75, 3.05) is 5.73 Å². The molecule has 0 aliphatic rings. The van der Waals surface area contributed by atoms with Crippen molar-refractivity contribution in [3.05, 3.63) is 34.9 Å². The van der Waals surface area contributed by atoms with Crippen LogP contribution >= 0.6 is 0 Å². The Balaban J connectivity index is 3.15. The van der Waals surface area contributed by atoms with Gasteiger partial charge in [-0.15, -0.1) is 0 Å². The number of primary amides is 1. The third-order valence-corrected chi connectivity index (χ3v) is 2.03. The lowest BCUT2D eigenvalue weighted by molar-refractivity contribution is -0.113. The molecule has 4 N–H and O–H groups in total. The van der Waals surface area contributed by atoms with E-state index in [1.807, 2.05) is 26.0 Å². The fourth-order valence-corrected chi connectivity index (χ4v) is 1.44. The van der Waals surface area contributed by atoms with Crippen LogP contribution in [0.2, 0.25) is 0 Å². The minimum absolute atomic E-state index is 0.444. The number of aryl methyl sites for hydroxylation is 2. The van der Waals surface area contributed by atoms with Crippen LogP contribution in [0.4, 0.5) is 5.69 Å². The van der Waals surface area contributed by atoms with Crippen molar-refractivity contribution < 1.29 is 4.79 Å². The molecule has 3 heteroatoms. The van der Waals surface area contributed by atoms with Crippen LogP contribution in [0.3, 0.4) is 0 Å². The maximum Gasteiger partial charge on any atom is 0.241 e. The van der Waals surface area contributed by atoms with E-state index >= 15 is 0 Å². The highest BCUT2D eigenvalue weighted by Gasteiger charge is 2.00. The van der Waals surface area contributed by atoms with Gasteiger partial charge in [0.1, 0.15) is 0 Å². The van der Waals surface area contributed by atoms with Crippen molar-refractivity contribution in [2.45, 2.75) is 13.8 Å². The Bertz CT molecular complexity index is 371. The largest absolute Gasteiger partial charge is 0.399 e. The number of nitrogen functional groups attached to an aromatic ring is 1. The molecular formula is C11H14N2O. The van der Waals surface area contributed by atoms with E-state index in [2.05, 4.69) is 0 Å². The third kappa shape index (κ3) is 2.36. The summed E-state index contributed by atoms with van der Waals surface area (Å²) in [5, 5.41) is 0. The molecule has 0 radical (unpaired) electrons. The first-order chi connectivity index (χ1) is 6.50. The third-order valence-electron chi connectivity index (χ3n) is 2.03. The van der Waals surface area contributed by atoms with Crippen LogP contribution in [0.1, 0.15) is 16.7 Å². The minimum Gasteiger partial charge on any atom is -0.399 e. The first-order valence-corrected chi connectivity index (χ1v) is 4.35. The molecule has 0 saturated heterocycles. The monoisotopic (exact) mass is 190 g/mol. The average molecular weight is 190 g/mol. The van der Waals surface area contributed by atoms with Crippen LogP contribution in [0.5, 0.6) is 0 Å². The molecule has 0 unspecified atom stereocenters. The highest BCUT2D eigenvalue weighted by atomic mass is 16.1. The smallest absolute Gasteiger partial charge is 0.241 e. The molecule has 0 fully saturated rings. The molecule has 0 aromatic heterocycles. The fourth-order valence-electron chi connectivity index (χ4n) is 1.44. The Kier molecular flexibility index (Phi) is 2.92. The first-order valence-electron chi connectivity index (χ1n) is 4.35. The van der Waals surface area contributed by atoms with Crippen molar-refractivity contribution in [1.82, 2.24) is 0 Å². The molecule has 3 nitrogen and oxygen atoms in total. The summed E-state index contributed by atoms with van der Waals surface area (Å²) >= 11 is 0. The van der Waals surface area contributed by atoms with Crippen LogP contribution in [-0.2, 0) is 4.79 Å². The molecule has 1 rings (SSSR count). The van der Waals surface area contributed by atoms with Gasteiger partial charge in [-0.05, 0) is 48.7 Å². The lowest BCUT2D eigenvalue weighted by Crippen LogP contribution is -2.05. The molecule has 1 amide bonds. The van der Waals surface area contributed by atoms with Gasteiger partial charge < -0.3 is 11.5 Å². The van der Waals surface area contributed by atoms with E-state index in [4.69, 9.17) is 11.5 Å². The van der Waals surface area contributed by atoms with E-state index < -0.39 is 5.91 Å². The first kappa shape index (κ1) is 10.3. The topological polar surface area (TPSA) is 69.1 Å². The van der Waals surface area contributed by atoms with Gasteiger partial charge in [0.25, 0.3) is 0 Å². The molecule has 0 aliphatic heterocycles. The molecule has 1 aromatic rings. The van der Waals surface area contributed by atoms with E-state index in [0.29, 0.717) is 0 Å². The van der Waals surface area contributed by atoms with Crippen molar-refractivity contribution in [3.8, 4) is 0 Å². The summed E-state index contributed by atoms with van der Waals surface area (Å²) in [5.41, 5.74) is 14.5. The molecule has 14 heavy (non-hydrogen) atoms. The van der Waals surface area contributed by atoms with Crippen LogP contribution in [0.15, 0.2) is 18.2 Å². The van der Waals surface area contributed by atoms with Gasteiger partial charge in [-0.1, -0.05) is 0 Å². The molecule has 0 bridgehead atoms. The summed E-state index contributed by atoms with van der Waals surface area (Å²) in [6, 6.07) is 3.74. The normalized spacial score (nSPS) is 10.7. The number of amides is 1. The molecule has 0 aliphatic carbocycles. The second-order valence-electron chi connectivity index (χ2n) is 3.30. The Labute approximate surface area is 83.4 Å². The number of hydrogen-bond acceptors (Lipinski definition) is 2. The van der Waals surface area contributed by atoms with Crippen molar-refractivity contribution in [1.29, 1.82) is 0 Å². The number of rotatable bonds is 2. The second kappa shape index (κ2) is 3.96. The van der Waals surface area contributed by atoms with E-state index in [1.165, 1.54) is 6.08 Å². The van der Waals surface area contributed by atoms with Gasteiger partial charge in [0.15, 0.2) is 0 Å². The van der Waals surface area contributed by atoms with Gasteiger partial charge in [0.05, 0.1) is 0 Å². The standard InChI is InChI=1S/C11H14N2O/c1-7-5-9(12)6-8(2)10(7)3-4-11(13)14/h3-6H,12H2,1-2H3,(H2,13,14). The lowest BCUT2D eigenvalue weighted by atomic mass is 10.0. The Morgan fingerprint density at radius 1 is 1.29 bits per heavy atom.